The minimum absolute atomic E-state index is 0.739. The first kappa shape index (κ1) is 9.07. The molecule has 0 spiro atoms. The monoisotopic (exact) mass is 236 g/mol. The molecule has 0 radical (unpaired) electrons. The van der Waals surface area contributed by atoms with Gasteiger partial charge >= 0.3 is 0 Å². The van der Waals surface area contributed by atoms with E-state index < -0.39 is 0 Å². The summed E-state index contributed by atoms with van der Waals surface area (Å²) in [5.41, 5.74) is 0. The van der Waals surface area contributed by atoms with Crippen LogP contribution >= 0.6 is 27.5 Å². The fraction of sp³-hybridized carbons (Fsp3) is 0.571. The highest BCUT2D eigenvalue weighted by Gasteiger charge is 1.93. The van der Waals surface area contributed by atoms with Gasteiger partial charge in [0.15, 0.2) is 0 Å². The van der Waals surface area contributed by atoms with E-state index in [1.54, 1.807) is 6.20 Å². The summed E-state index contributed by atoms with van der Waals surface area (Å²) in [6, 6.07) is 0. The van der Waals surface area contributed by atoms with Gasteiger partial charge in [-0.15, -0.1) is 11.6 Å². The predicted molar refractivity (Wildman–Crippen MR) is 49.9 cm³/mol. The largest absolute Gasteiger partial charge is 0.272 e. The van der Waals surface area contributed by atoms with E-state index in [4.69, 9.17) is 11.6 Å². The van der Waals surface area contributed by atoms with Crippen molar-refractivity contribution < 1.29 is 0 Å². The van der Waals surface area contributed by atoms with Crippen LogP contribution < -0.4 is 0 Å². The van der Waals surface area contributed by atoms with Crippen LogP contribution in [0.5, 0.6) is 0 Å². The van der Waals surface area contributed by atoms with E-state index in [0.29, 0.717) is 0 Å². The van der Waals surface area contributed by atoms with Crippen molar-refractivity contribution >= 4 is 27.5 Å². The summed E-state index contributed by atoms with van der Waals surface area (Å²) in [6.07, 6.45) is 5.91. The van der Waals surface area contributed by atoms with Gasteiger partial charge in [0.1, 0.15) is 0 Å². The molecule has 1 aromatic rings. The van der Waals surface area contributed by atoms with Crippen molar-refractivity contribution in [2.75, 3.05) is 5.88 Å². The highest BCUT2D eigenvalue weighted by Crippen LogP contribution is 2.06. The lowest BCUT2D eigenvalue weighted by atomic mass is 10.3. The molecule has 0 amide bonds. The molecule has 1 heterocycles. The van der Waals surface area contributed by atoms with Gasteiger partial charge in [0.25, 0.3) is 0 Å². The van der Waals surface area contributed by atoms with Gasteiger partial charge in [0.05, 0.1) is 10.7 Å². The number of aryl methyl sites for hydroxylation is 1. The summed E-state index contributed by atoms with van der Waals surface area (Å²) in [5, 5.41) is 4.11. The van der Waals surface area contributed by atoms with E-state index in [1.807, 2.05) is 10.9 Å². The first-order chi connectivity index (χ1) is 5.33. The summed E-state index contributed by atoms with van der Waals surface area (Å²) in [4.78, 5) is 0. The van der Waals surface area contributed by atoms with Crippen LogP contribution in [0.3, 0.4) is 0 Å². The molecule has 0 bridgehead atoms. The van der Waals surface area contributed by atoms with Crippen LogP contribution in [0, 0.1) is 0 Å². The molecule has 0 aliphatic rings. The first-order valence-corrected chi connectivity index (χ1v) is 4.89. The number of nitrogens with zero attached hydrogens (tertiary/aromatic N) is 2. The lowest BCUT2D eigenvalue weighted by molar-refractivity contribution is 0.573. The van der Waals surface area contributed by atoms with E-state index in [1.165, 1.54) is 0 Å². The standard InChI is InChI=1S/C7H10BrClN2/c8-7-5-10-11(6-7)4-2-1-3-9/h5-6H,1-4H2. The van der Waals surface area contributed by atoms with Gasteiger partial charge in [-0.05, 0) is 28.8 Å². The second-order valence-electron chi connectivity index (χ2n) is 2.32. The fourth-order valence-electron chi connectivity index (χ4n) is 0.829. The van der Waals surface area contributed by atoms with Gasteiger partial charge in [-0.3, -0.25) is 4.68 Å². The molecule has 4 heteroatoms. The second-order valence-corrected chi connectivity index (χ2v) is 3.61. The zero-order valence-electron chi connectivity index (χ0n) is 6.13. The molecule has 0 aromatic carbocycles. The summed E-state index contributed by atoms with van der Waals surface area (Å²) < 4.78 is 2.94. The Hall–Kier alpha value is -0.0200. The van der Waals surface area contributed by atoms with Gasteiger partial charge in [-0.1, -0.05) is 0 Å². The average molecular weight is 238 g/mol. The van der Waals surface area contributed by atoms with Crippen molar-refractivity contribution in [2.24, 2.45) is 0 Å². The molecule has 0 N–H and O–H groups in total. The van der Waals surface area contributed by atoms with Crippen molar-refractivity contribution in [1.29, 1.82) is 0 Å². The van der Waals surface area contributed by atoms with Crippen LogP contribution in [0.15, 0.2) is 16.9 Å². The Labute approximate surface area is 79.7 Å². The maximum Gasteiger partial charge on any atom is 0.0632 e. The molecule has 2 nitrogen and oxygen atoms in total. The Morgan fingerprint density at radius 1 is 1.55 bits per heavy atom. The first-order valence-electron chi connectivity index (χ1n) is 3.57. The maximum atomic E-state index is 5.53. The number of aromatic nitrogens is 2. The Kier molecular flexibility index (Phi) is 3.94. The highest BCUT2D eigenvalue weighted by atomic mass is 79.9. The summed E-state index contributed by atoms with van der Waals surface area (Å²) in [7, 11) is 0. The van der Waals surface area contributed by atoms with Crippen molar-refractivity contribution in [3.8, 4) is 0 Å². The molecule has 0 fully saturated rings. The molecule has 0 aliphatic heterocycles. The van der Waals surface area contributed by atoms with Gasteiger partial charge in [0, 0.05) is 18.6 Å². The van der Waals surface area contributed by atoms with Crippen LogP contribution in [-0.2, 0) is 6.54 Å². The predicted octanol–water partition coefficient (Wildman–Crippen LogP) is 2.66. The van der Waals surface area contributed by atoms with E-state index in [0.717, 1.165) is 29.7 Å². The van der Waals surface area contributed by atoms with Crippen LogP contribution in [0.1, 0.15) is 12.8 Å². The molecule has 62 valence electrons. The SMILES string of the molecule is ClCCCCn1cc(Br)cn1. The lowest BCUT2D eigenvalue weighted by Gasteiger charge is -1.97. The molecule has 0 atom stereocenters. The van der Waals surface area contributed by atoms with Crippen LogP contribution in [0.4, 0.5) is 0 Å². The Morgan fingerprint density at radius 3 is 2.91 bits per heavy atom. The Morgan fingerprint density at radius 2 is 2.36 bits per heavy atom. The average Bonchev–Trinajstić information content (AvgIpc) is 2.37. The number of unbranched alkanes of at least 4 members (excludes halogenated alkanes) is 1. The molecule has 1 rings (SSSR count). The van der Waals surface area contributed by atoms with Crippen molar-refractivity contribution in [3.05, 3.63) is 16.9 Å². The summed E-state index contributed by atoms with van der Waals surface area (Å²) in [5.74, 6) is 0.739. The summed E-state index contributed by atoms with van der Waals surface area (Å²) in [6.45, 7) is 0.957. The smallest absolute Gasteiger partial charge is 0.0632 e. The second kappa shape index (κ2) is 4.78. The number of hydrogen-bond donors (Lipinski definition) is 0. The molecule has 0 saturated carbocycles. The lowest BCUT2D eigenvalue weighted by Crippen LogP contribution is -1.97. The highest BCUT2D eigenvalue weighted by molar-refractivity contribution is 9.10. The number of halogens is 2. The fourth-order valence-corrected chi connectivity index (χ4v) is 1.35. The topological polar surface area (TPSA) is 17.8 Å². The van der Waals surface area contributed by atoms with Crippen LogP contribution in [0.25, 0.3) is 0 Å². The molecule has 1 aromatic heterocycles. The third kappa shape index (κ3) is 3.25. The minimum Gasteiger partial charge on any atom is -0.272 e. The zero-order chi connectivity index (χ0) is 8.10. The third-order valence-electron chi connectivity index (χ3n) is 1.37. The van der Waals surface area contributed by atoms with Gasteiger partial charge < -0.3 is 0 Å². The molecule has 0 aliphatic carbocycles. The maximum absolute atomic E-state index is 5.53. The third-order valence-corrected chi connectivity index (χ3v) is 2.05. The van der Waals surface area contributed by atoms with E-state index in [9.17, 15) is 0 Å². The number of rotatable bonds is 4. The van der Waals surface area contributed by atoms with Crippen molar-refractivity contribution in [2.45, 2.75) is 19.4 Å². The Balaban J connectivity index is 2.27. The normalized spacial score (nSPS) is 10.4. The Bertz CT molecular complexity index is 212. The van der Waals surface area contributed by atoms with E-state index in [2.05, 4.69) is 21.0 Å². The molecular weight excluding hydrogens is 227 g/mol. The van der Waals surface area contributed by atoms with E-state index in [-0.39, 0.29) is 0 Å². The van der Waals surface area contributed by atoms with Crippen LogP contribution in [-0.4, -0.2) is 15.7 Å². The van der Waals surface area contributed by atoms with Gasteiger partial charge in [-0.25, -0.2) is 0 Å². The molecule has 0 unspecified atom stereocenters. The zero-order valence-corrected chi connectivity index (χ0v) is 8.48. The quantitative estimate of drug-likeness (QED) is 0.581. The van der Waals surface area contributed by atoms with E-state index >= 15 is 0 Å². The number of hydrogen-bond acceptors (Lipinski definition) is 1. The van der Waals surface area contributed by atoms with Crippen molar-refractivity contribution in [1.82, 2.24) is 9.78 Å². The van der Waals surface area contributed by atoms with Gasteiger partial charge in [-0.2, -0.15) is 5.10 Å². The van der Waals surface area contributed by atoms with Gasteiger partial charge in [0.2, 0.25) is 0 Å². The molecule has 11 heavy (non-hydrogen) atoms. The van der Waals surface area contributed by atoms with Crippen molar-refractivity contribution in [3.63, 3.8) is 0 Å². The molecular formula is C7H10BrClN2. The van der Waals surface area contributed by atoms with Crippen LogP contribution in [0.2, 0.25) is 0 Å². The summed E-state index contributed by atoms with van der Waals surface area (Å²) >= 11 is 8.87. The molecule has 0 saturated heterocycles. The minimum atomic E-state index is 0.739. The number of alkyl halides is 1.